The summed E-state index contributed by atoms with van der Waals surface area (Å²) in [7, 11) is 0. The van der Waals surface area contributed by atoms with Crippen molar-refractivity contribution < 1.29 is 9.72 Å². The smallest absolute Gasteiger partial charge is 0.332 e. The number of nitrogens with two attached hydrogens (primary N) is 1. The van der Waals surface area contributed by atoms with E-state index in [-0.39, 0.29) is 11.8 Å². The summed E-state index contributed by atoms with van der Waals surface area (Å²) in [6, 6.07) is 4.89. The normalized spacial score (nSPS) is 11.0. The van der Waals surface area contributed by atoms with Gasteiger partial charge >= 0.3 is 5.69 Å². The van der Waals surface area contributed by atoms with Crippen molar-refractivity contribution in [2.75, 3.05) is 0 Å². The summed E-state index contributed by atoms with van der Waals surface area (Å²) >= 11 is 0. The molecule has 1 aromatic carbocycles. The van der Waals surface area contributed by atoms with Crippen LogP contribution in [0.4, 0.5) is 5.69 Å². The number of pyridine rings is 1. The maximum atomic E-state index is 11.9. The van der Waals surface area contributed by atoms with Crippen LogP contribution in [0.25, 0.3) is 17.0 Å². The lowest BCUT2D eigenvalue weighted by atomic mass is 10.1. The number of hydrogen-bond acceptors (Lipinski definition) is 4. The zero-order valence-corrected chi connectivity index (χ0v) is 10.3. The number of carbonyl (C=O) groups excluding carboxylic acids is 1. The molecule has 102 valence electrons. The van der Waals surface area contributed by atoms with E-state index in [2.05, 4.69) is 4.98 Å². The van der Waals surface area contributed by atoms with E-state index in [1.807, 2.05) is 0 Å². The van der Waals surface area contributed by atoms with Gasteiger partial charge < -0.3 is 10.7 Å². The second-order valence-electron chi connectivity index (χ2n) is 4.14. The number of carbonyl (C=O) groups is 1. The molecule has 0 aliphatic heterocycles. The fourth-order valence-electron chi connectivity index (χ4n) is 1.78. The molecule has 3 N–H and O–H groups in total. The van der Waals surface area contributed by atoms with Gasteiger partial charge in [-0.25, -0.2) is 0 Å². The summed E-state index contributed by atoms with van der Waals surface area (Å²) in [4.78, 5) is 35.3. The minimum Gasteiger partial charge on any atom is -0.369 e. The second kappa shape index (κ2) is 5.35. The van der Waals surface area contributed by atoms with Gasteiger partial charge in [-0.05, 0) is 17.7 Å². The predicted octanol–water partition coefficient (Wildman–Crippen LogP) is 1.32. The monoisotopic (exact) mass is 273 g/mol. The van der Waals surface area contributed by atoms with Crippen molar-refractivity contribution in [2.45, 2.75) is 6.42 Å². The number of nitro groups is 1. The van der Waals surface area contributed by atoms with Crippen LogP contribution in [-0.2, 0) is 4.79 Å². The molecule has 1 amide bonds. The molecule has 1 aromatic heterocycles. The molecule has 0 saturated heterocycles. The third kappa shape index (κ3) is 2.72. The number of rotatable bonds is 4. The number of hydrogen-bond donors (Lipinski definition) is 2. The highest BCUT2D eigenvalue weighted by molar-refractivity contribution is 5.83. The van der Waals surface area contributed by atoms with Crippen molar-refractivity contribution in [3.63, 3.8) is 0 Å². The van der Waals surface area contributed by atoms with Gasteiger partial charge in [0.2, 0.25) is 5.91 Å². The SMILES string of the molecule is NC(=O)CC=Cc1ccc2[nH]cc([N+](=O)[O-])c(=O)c2c1. The van der Waals surface area contributed by atoms with Gasteiger partial charge in [-0.15, -0.1) is 0 Å². The van der Waals surface area contributed by atoms with Gasteiger partial charge in [0.1, 0.15) is 0 Å². The molecule has 0 atom stereocenters. The van der Waals surface area contributed by atoms with Crippen LogP contribution in [0.15, 0.2) is 35.3 Å². The first-order valence-corrected chi connectivity index (χ1v) is 5.73. The molecule has 7 nitrogen and oxygen atoms in total. The van der Waals surface area contributed by atoms with E-state index < -0.39 is 21.9 Å². The molecule has 7 heteroatoms. The molecule has 0 spiro atoms. The van der Waals surface area contributed by atoms with Gasteiger partial charge in [-0.1, -0.05) is 18.2 Å². The van der Waals surface area contributed by atoms with Crippen LogP contribution in [0.3, 0.4) is 0 Å². The van der Waals surface area contributed by atoms with Crippen molar-refractivity contribution in [3.05, 3.63) is 56.4 Å². The molecule has 2 rings (SSSR count). The Hall–Kier alpha value is -2.96. The Morgan fingerprint density at radius 3 is 2.85 bits per heavy atom. The first-order chi connectivity index (χ1) is 9.49. The lowest BCUT2D eigenvalue weighted by Crippen LogP contribution is -2.09. The van der Waals surface area contributed by atoms with Crippen molar-refractivity contribution in [2.24, 2.45) is 5.73 Å². The summed E-state index contributed by atoms with van der Waals surface area (Å²) in [5.74, 6) is -0.462. The molecule has 0 unspecified atom stereocenters. The van der Waals surface area contributed by atoms with Crippen molar-refractivity contribution in [1.82, 2.24) is 4.98 Å². The third-order valence-electron chi connectivity index (χ3n) is 2.71. The van der Waals surface area contributed by atoms with Crippen molar-refractivity contribution >= 4 is 28.6 Å². The van der Waals surface area contributed by atoms with E-state index in [0.717, 1.165) is 6.20 Å². The number of amides is 1. The van der Waals surface area contributed by atoms with Crippen molar-refractivity contribution in [3.8, 4) is 0 Å². The highest BCUT2D eigenvalue weighted by Gasteiger charge is 2.14. The number of aromatic nitrogens is 1. The molecular weight excluding hydrogens is 262 g/mol. The van der Waals surface area contributed by atoms with Crippen LogP contribution in [0.2, 0.25) is 0 Å². The number of nitrogens with one attached hydrogen (secondary N) is 1. The molecule has 0 aliphatic rings. The van der Waals surface area contributed by atoms with E-state index in [1.165, 1.54) is 6.07 Å². The molecule has 0 fully saturated rings. The molecular formula is C13H11N3O4. The number of H-pyrrole nitrogens is 1. The highest BCUT2D eigenvalue weighted by atomic mass is 16.6. The van der Waals surface area contributed by atoms with Crippen LogP contribution in [0.5, 0.6) is 0 Å². The van der Waals surface area contributed by atoms with Crippen LogP contribution < -0.4 is 11.2 Å². The van der Waals surface area contributed by atoms with Gasteiger partial charge in [0.25, 0.3) is 5.43 Å². The lowest BCUT2D eigenvalue weighted by Gasteiger charge is -1.99. The Morgan fingerprint density at radius 1 is 1.45 bits per heavy atom. The van der Waals surface area contributed by atoms with E-state index >= 15 is 0 Å². The number of aromatic amines is 1. The summed E-state index contributed by atoms with van der Waals surface area (Å²) in [6.07, 6.45) is 4.36. The van der Waals surface area contributed by atoms with E-state index in [4.69, 9.17) is 5.73 Å². The fraction of sp³-hybridized carbons (Fsp3) is 0.0769. The maximum absolute atomic E-state index is 11.9. The topological polar surface area (TPSA) is 119 Å². The van der Waals surface area contributed by atoms with E-state index in [9.17, 15) is 19.7 Å². The van der Waals surface area contributed by atoms with Crippen LogP contribution in [0, 0.1) is 10.1 Å². The molecule has 0 aliphatic carbocycles. The molecule has 0 radical (unpaired) electrons. The Kier molecular flexibility index (Phi) is 3.60. The van der Waals surface area contributed by atoms with Gasteiger partial charge in [-0.2, -0.15) is 0 Å². The zero-order valence-electron chi connectivity index (χ0n) is 10.3. The first-order valence-electron chi connectivity index (χ1n) is 5.73. The molecule has 1 heterocycles. The number of fused-ring (bicyclic) bond motifs is 1. The number of benzene rings is 1. The molecule has 0 bridgehead atoms. The Bertz CT molecular complexity index is 777. The second-order valence-corrected chi connectivity index (χ2v) is 4.14. The summed E-state index contributed by atoms with van der Waals surface area (Å²) in [5.41, 5.74) is 5.02. The molecule has 0 saturated carbocycles. The zero-order chi connectivity index (χ0) is 14.7. The highest BCUT2D eigenvalue weighted by Crippen LogP contribution is 2.15. The van der Waals surface area contributed by atoms with E-state index in [1.54, 1.807) is 24.3 Å². The third-order valence-corrected chi connectivity index (χ3v) is 2.71. The average molecular weight is 273 g/mol. The summed E-state index contributed by atoms with van der Waals surface area (Å²) in [5, 5.41) is 10.9. The van der Waals surface area contributed by atoms with Crippen LogP contribution in [0.1, 0.15) is 12.0 Å². The van der Waals surface area contributed by atoms with Crippen LogP contribution in [-0.4, -0.2) is 15.8 Å². The molecule has 2 aromatic rings. The van der Waals surface area contributed by atoms with Crippen molar-refractivity contribution in [1.29, 1.82) is 0 Å². The van der Waals surface area contributed by atoms with E-state index in [0.29, 0.717) is 11.1 Å². The number of primary amides is 1. The van der Waals surface area contributed by atoms with Gasteiger partial charge in [0, 0.05) is 11.9 Å². The average Bonchev–Trinajstić information content (AvgIpc) is 2.39. The lowest BCUT2D eigenvalue weighted by molar-refractivity contribution is -0.386. The minimum atomic E-state index is -0.728. The fourth-order valence-corrected chi connectivity index (χ4v) is 1.78. The van der Waals surface area contributed by atoms with Gasteiger partial charge in [0.05, 0.1) is 16.5 Å². The minimum absolute atomic E-state index is 0.0866. The quantitative estimate of drug-likeness (QED) is 0.644. The Labute approximate surface area is 112 Å². The molecule has 20 heavy (non-hydrogen) atoms. The van der Waals surface area contributed by atoms with Crippen LogP contribution >= 0.6 is 0 Å². The largest absolute Gasteiger partial charge is 0.369 e. The maximum Gasteiger partial charge on any atom is 0.332 e. The standard InChI is InChI=1S/C13H11N3O4/c14-12(17)3-1-2-8-4-5-10-9(6-8)13(18)11(7-15-10)16(19)20/h1-2,4-7H,3H2,(H2,14,17)(H,15,18). The Morgan fingerprint density at radius 2 is 2.20 bits per heavy atom. The Balaban J connectivity index is 2.49. The van der Waals surface area contributed by atoms with Gasteiger partial charge in [0.15, 0.2) is 0 Å². The summed E-state index contributed by atoms with van der Waals surface area (Å²) in [6.45, 7) is 0. The number of nitrogens with zero attached hydrogens (tertiary/aromatic N) is 1. The van der Waals surface area contributed by atoms with Gasteiger partial charge in [-0.3, -0.25) is 19.7 Å². The predicted molar refractivity (Wildman–Crippen MR) is 74.1 cm³/mol. The first kappa shape index (κ1) is 13.5. The summed E-state index contributed by atoms with van der Waals surface area (Å²) < 4.78 is 0.